The highest BCUT2D eigenvalue weighted by atomic mass is 35.5. The van der Waals surface area contributed by atoms with Gasteiger partial charge in [0.25, 0.3) is 10.4 Å². The van der Waals surface area contributed by atoms with Crippen molar-refractivity contribution in [3.8, 4) is 5.19 Å². The number of carbonyl (C=O) groups excluding carboxylic acids is 1. The van der Waals surface area contributed by atoms with Gasteiger partial charge in [-0.15, -0.1) is 0 Å². The van der Waals surface area contributed by atoms with E-state index in [0.29, 0.717) is 17.8 Å². The van der Waals surface area contributed by atoms with Crippen LogP contribution in [0, 0.1) is 0 Å². The molecule has 0 fully saturated rings. The number of hydrogen-bond donors (Lipinski definition) is 0. The fourth-order valence-corrected chi connectivity index (χ4v) is 1.99. The normalized spacial score (nSPS) is 11.6. The number of thiazole rings is 1. The molecule has 1 aromatic rings. The molecule has 0 aliphatic rings. The molecule has 0 aliphatic heterocycles. The van der Waals surface area contributed by atoms with Crippen LogP contribution in [0.2, 0.25) is 0 Å². The Morgan fingerprint density at radius 2 is 2.18 bits per heavy atom. The molecular formula is C9H9ClF3NO2S. The second kappa shape index (κ2) is 5.68. The third-order valence-electron chi connectivity index (χ3n) is 1.78. The number of alkyl halides is 3. The van der Waals surface area contributed by atoms with Gasteiger partial charge in [-0.2, -0.15) is 18.2 Å². The van der Waals surface area contributed by atoms with Crippen molar-refractivity contribution in [2.45, 2.75) is 25.9 Å². The van der Waals surface area contributed by atoms with Gasteiger partial charge in [0.2, 0.25) is 0 Å². The average Bonchev–Trinajstić information content (AvgIpc) is 2.62. The lowest BCUT2D eigenvalue weighted by molar-refractivity contribution is -0.141. The number of halogens is 4. The van der Waals surface area contributed by atoms with E-state index in [1.165, 1.54) is 0 Å². The molecule has 0 atom stereocenters. The number of ether oxygens (including phenoxy) is 1. The van der Waals surface area contributed by atoms with Crippen molar-refractivity contribution in [1.82, 2.24) is 4.98 Å². The first-order chi connectivity index (χ1) is 7.86. The zero-order valence-electron chi connectivity index (χ0n) is 8.81. The Hall–Kier alpha value is -0.820. The van der Waals surface area contributed by atoms with Gasteiger partial charge in [0.15, 0.2) is 5.69 Å². The van der Waals surface area contributed by atoms with E-state index >= 15 is 0 Å². The Bertz CT molecular complexity index is 405. The minimum Gasteiger partial charge on any atom is -0.470 e. The Morgan fingerprint density at radius 1 is 1.53 bits per heavy atom. The number of unbranched alkanes of at least 4 members (excludes halogenated alkanes) is 1. The van der Waals surface area contributed by atoms with E-state index in [1.54, 1.807) is 0 Å². The summed E-state index contributed by atoms with van der Waals surface area (Å²) in [6.07, 6.45) is -3.16. The highest BCUT2D eigenvalue weighted by Crippen LogP contribution is 2.37. The molecule has 0 saturated carbocycles. The van der Waals surface area contributed by atoms with Crippen molar-refractivity contribution >= 4 is 28.2 Å². The lowest BCUT2D eigenvalue weighted by Crippen LogP contribution is -2.09. The summed E-state index contributed by atoms with van der Waals surface area (Å²) in [6.45, 7) is 2.18. The van der Waals surface area contributed by atoms with E-state index in [1.807, 2.05) is 6.92 Å². The van der Waals surface area contributed by atoms with Crippen LogP contribution in [0.5, 0.6) is 5.19 Å². The monoisotopic (exact) mass is 287 g/mol. The van der Waals surface area contributed by atoms with E-state index in [2.05, 4.69) is 4.98 Å². The van der Waals surface area contributed by atoms with Gasteiger partial charge in [0.1, 0.15) is 4.88 Å². The smallest absolute Gasteiger partial charge is 0.435 e. The number of nitrogens with zero attached hydrogens (tertiary/aromatic N) is 1. The van der Waals surface area contributed by atoms with Crippen molar-refractivity contribution in [3.05, 3.63) is 10.6 Å². The lowest BCUT2D eigenvalue weighted by Gasteiger charge is -2.02. The maximum absolute atomic E-state index is 12.5. The van der Waals surface area contributed by atoms with Crippen LogP contribution in [0.15, 0.2) is 0 Å². The van der Waals surface area contributed by atoms with Gasteiger partial charge >= 0.3 is 6.18 Å². The van der Waals surface area contributed by atoms with Crippen LogP contribution in [0.25, 0.3) is 0 Å². The first-order valence-electron chi connectivity index (χ1n) is 4.77. The molecule has 0 aromatic carbocycles. The van der Waals surface area contributed by atoms with Crippen molar-refractivity contribution in [1.29, 1.82) is 0 Å². The minimum atomic E-state index is -4.71. The predicted molar refractivity (Wildman–Crippen MR) is 57.7 cm³/mol. The minimum absolute atomic E-state index is 0.185. The summed E-state index contributed by atoms with van der Waals surface area (Å²) >= 11 is 5.58. The topological polar surface area (TPSA) is 39.2 Å². The van der Waals surface area contributed by atoms with Gasteiger partial charge in [-0.1, -0.05) is 24.7 Å². The molecule has 3 nitrogen and oxygen atoms in total. The first kappa shape index (κ1) is 14.2. The standard InChI is InChI=1S/C9H9ClF3NO2S/c1-2-3-4-16-8-14-6(9(11,12)13)5(17-8)7(10)15/h2-4H2,1H3. The summed E-state index contributed by atoms with van der Waals surface area (Å²) in [5.74, 6) is 0. The Morgan fingerprint density at radius 3 is 2.59 bits per heavy atom. The molecule has 0 radical (unpaired) electrons. The van der Waals surface area contributed by atoms with Gasteiger partial charge in [-0.3, -0.25) is 4.79 Å². The second-order valence-electron chi connectivity index (χ2n) is 3.13. The Kier molecular flexibility index (Phi) is 4.76. The van der Waals surface area contributed by atoms with E-state index in [4.69, 9.17) is 16.3 Å². The molecule has 0 bridgehead atoms. The largest absolute Gasteiger partial charge is 0.470 e. The molecule has 17 heavy (non-hydrogen) atoms. The fraction of sp³-hybridized carbons (Fsp3) is 0.556. The van der Waals surface area contributed by atoms with Crippen LogP contribution in [0.3, 0.4) is 0 Å². The molecule has 1 rings (SSSR count). The average molecular weight is 288 g/mol. The fourth-order valence-electron chi connectivity index (χ4n) is 0.991. The first-order valence-corrected chi connectivity index (χ1v) is 5.96. The van der Waals surface area contributed by atoms with Gasteiger partial charge < -0.3 is 4.74 Å². The molecule has 8 heteroatoms. The van der Waals surface area contributed by atoms with Crippen LogP contribution in [0.1, 0.15) is 35.1 Å². The third kappa shape index (κ3) is 3.85. The molecule has 0 aliphatic carbocycles. The lowest BCUT2D eigenvalue weighted by atomic mass is 10.4. The molecule has 1 aromatic heterocycles. The molecule has 0 spiro atoms. The van der Waals surface area contributed by atoms with E-state index in [9.17, 15) is 18.0 Å². The molecule has 0 saturated heterocycles. The summed E-state index contributed by atoms with van der Waals surface area (Å²) in [4.78, 5) is 13.4. The van der Waals surface area contributed by atoms with Crippen LogP contribution in [0.4, 0.5) is 13.2 Å². The number of hydrogen-bond acceptors (Lipinski definition) is 4. The zero-order chi connectivity index (χ0) is 13.1. The maximum atomic E-state index is 12.5. The molecule has 1 heterocycles. The SMILES string of the molecule is CCCCOc1nc(C(F)(F)F)c(C(=O)Cl)s1. The number of aromatic nitrogens is 1. The Balaban J connectivity index is 2.93. The summed E-state index contributed by atoms with van der Waals surface area (Å²) in [5, 5.41) is -1.37. The summed E-state index contributed by atoms with van der Waals surface area (Å²) in [6, 6.07) is 0. The molecule has 0 unspecified atom stereocenters. The van der Waals surface area contributed by atoms with Crippen LogP contribution >= 0.6 is 22.9 Å². The maximum Gasteiger partial charge on any atom is 0.435 e. The number of rotatable bonds is 5. The van der Waals surface area contributed by atoms with Crippen molar-refractivity contribution in [2.24, 2.45) is 0 Å². The zero-order valence-corrected chi connectivity index (χ0v) is 10.4. The highest BCUT2D eigenvalue weighted by molar-refractivity contribution is 7.17. The predicted octanol–water partition coefficient (Wildman–Crippen LogP) is 3.72. The van der Waals surface area contributed by atoms with Crippen molar-refractivity contribution in [2.75, 3.05) is 6.61 Å². The van der Waals surface area contributed by atoms with Crippen LogP contribution in [-0.2, 0) is 6.18 Å². The molecule has 0 N–H and O–H groups in total. The van der Waals surface area contributed by atoms with Gasteiger partial charge in [-0.05, 0) is 18.0 Å². The second-order valence-corrected chi connectivity index (χ2v) is 4.44. The summed E-state index contributed by atoms with van der Waals surface area (Å²) in [5.41, 5.74) is -1.28. The molecular weight excluding hydrogens is 279 g/mol. The van der Waals surface area contributed by atoms with Crippen LogP contribution in [-0.4, -0.2) is 16.8 Å². The quantitative estimate of drug-likeness (QED) is 0.612. The molecule has 0 amide bonds. The number of carbonyl (C=O) groups is 1. The van der Waals surface area contributed by atoms with Crippen molar-refractivity contribution < 1.29 is 22.7 Å². The van der Waals surface area contributed by atoms with Gasteiger partial charge in [0, 0.05) is 0 Å². The van der Waals surface area contributed by atoms with Gasteiger partial charge in [0.05, 0.1) is 6.61 Å². The van der Waals surface area contributed by atoms with E-state index in [-0.39, 0.29) is 11.8 Å². The Labute approximate surface area is 105 Å². The van der Waals surface area contributed by atoms with E-state index < -0.39 is 22.0 Å². The van der Waals surface area contributed by atoms with Crippen LogP contribution < -0.4 is 4.74 Å². The highest BCUT2D eigenvalue weighted by Gasteiger charge is 2.39. The van der Waals surface area contributed by atoms with Gasteiger partial charge in [-0.25, -0.2) is 0 Å². The summed E-state index contributed by atoms with van der Waals surface area (Å²) < 4.78 is 42.5. The van der Waals surface area contributed by atoms with E-state index in [0.717, 1.165) is 6.42 Å². The third-order valence-corrected chi connectivity index (χ3v) is 3.05. The molecule has 96 valence electrons. The van der Waals surface area contributed by atoms with Crippen molar-refractivity contribution in [3.63, 3.8) is 0 Å². The summed E-state index contributed by atoms with van der Waals surface area (Å²) in [7, 11) is 0.